The molecule has 1 rings (SSSR count). The molecule has 0 aromatic heterocycles. The van der Waals surface area contributed by atoms with E-state index < -0.39 is 10.8 Å². The van der Waals surface area contributed by atoms with E-state index in [2.05, 4.69) is 5.32 Å². The van der Waals surface area contributed by atoms with Gasteiger partial charge in [0.05, 0.1) is 10.8 Å². The minimum atomic E-state index is -0.740. The van der Waals surface area contributed by atoms with Gasteiger partial charge in [0.1, 0.15) is 0 Å². The molecule has 0 bridgehead atoms. The molecule has 0 aliphatic carbocycles. The lowest BCUT2D eigenvalue weighted by Gasteiger charge is -2.28. The Kier molecular flexibility index (Phi) is 7.74. The van der Waals surface area contributed by atoms with Gasteiger partial charge in [-0.05, 0) is 44.4 Å². The molecule has 0 spiro atoms. The van der Waals surface area contributed by atoms with Gasteiger partial charge in [-0.15, -0.1) is 12.4 Å². The average Bonchev–Trinajstić information content (AvgIpc) is 2.50. The standard InChI is InChI=1S/C17H27N3O2.ClH/c1-5-17(6-2,11-18)15(22)20-13-9-7-12(8-10-13)16(3,4)14(19)21;/h7-10H,5-6,11,18H2,1-4H3,(H2,19,21)(H,20,22);1H. The number of hydrogen-bond acceptors (Lipinski definition) is 3. The van der Waals surface area contributed by atoms with Crippen LogP contribution in [0.15, 0.2) is 24.3 Å². The van der Waals surface area contributed by atoms with Crippen LogP contribution in [0, 0.1) is 5.41 Å². The Morgan fingerprint density at radius 3 is 1.91 bits per heavy atom. The highest BCUT2D eigenvalue weighted by molar-refractivity contribution is 5.95. The van der Waals surface area contributed by atoms with E-state index in [1.165, 1.54) is 0 Å². The third kappa shape index (κ3) is 4.45. The van der Waals surface area contributed by atoms with Gasteiger partial charge < -0.3 is 16.8 Å². The van der Waals surface area contributed by atoms with Crippen molar-refractivity contribution in [2.24, 2.45) is 16.9 Å². The number of rotatable bonds is 7. The van der Waals surface area contributed by atoms with E-state index in [-0.39, 0.29) is 24.2 Å². The Morgan fingerprint density at radius 2 is 1.57 bits per heavy atom. The molecule has 0 atom stereocenters. The van der Waals surface area contributed by atoms with E-state index in [9.17, 15) is 9.59 Å². The molecule has 0 saturated carbocycles. The Hall–Kier alpha value is -1.59. The number of nitrogens with two attached hydrogens (primary N) is 2. The quantitative estimate of drug-likeness (QED) is 0.710. The lowest BCUT2D eigenvalue weighted by molar-refractivity contribution is -0.125. The van der Waals surface area contributed by atoms with Gasteiger partial charge in [-0.1, -0.05) is 26.0 Å². The summed E-state index contributed by atoms with van der Waals surface area (Å²) in [5, 5.41) is 2.91. The number of hydrogen-bond donors (Lipinski definition) is 3. The smallest absolute Gasteiger partial charge is 0.231 e. The van der Waals surface area contributed by atoms with Crippen molar-refractivity contribution in [2.75, 3.05) is 11.9 Å². The minimum absolute atomic E-state index is 0. The van der Waals surface area contributed by atoms with E-state index in [1.807, 2.05) is 26.0 Å². The van der Waals surface area contributed by atoms with Crippen molar-refractivity contribution in [1.82, 2.24) is 0 Å². The predicted octanol–water partition coefficient (Wildman–Crippen LogP) is 2.57. The summed E-state index contributed by atoms with van der Waals surface area (Å²) >= 11 is 0. The molecule has 2 amide bonds. The summed E-state index contributed by atoms with van der Waals surface area (Å²) < 4.78 is 0. The van der Waals surface area contributed by atoms with E-state index in [1.54, 1.807) is 26.0 Å². The van der Waals surface area contributed by atoms with Crippen LogP contribution in [0.2, 0.25) is 0 Å². The average molecular weight is 342 g/mol. The van der Waals surface area contributed by atoms with Gasteiger partial charge in [0.15, 0.2) is 0 Å². The van der Waals surface area contributed by atoms with Crippen LogP contribution in [0.5, 0.6) is 0 Å². The Labute approximate surface area is 144 Å². The maximum Gasteiger partial charge on any atom is 0.231 e. The van der Waals surface area contributed by atoms with Crippen molar-refractivity contribution in [3.63, 3.8) is 0 Å². The molecule has 0 unspecified atom stereocenters. The van der Waals surface area contributed by atoms with Crippen LogP contribution in [-0.2, 0) is 15.0 Å². The monoisotopic (exact) mass is 341 g/mol. The normalized spacial score (nSPS) is 11.5. The van der Waals surface area contributed by atoms with Gasteiger partial charge in [0.25, 0.3) is 0 Å². The summed E-state index contributed by atoms with van der Waals surface area (Å²) in [4.78, 5) is 23.9. The van der Waals surface area contributed by atoms with Gasteiger partial charge in [0, 0.05) is 12.2 Å². The molecule has 130 valence electrons. The number of halogens is 1. The molecule has 1 aromatic rings. The van der Waals surface area contributed by atoms with Crippen molar-refractivity contribution in [3.8, 4) is 0 Å². The first-order valence-electron chi connectivity index (χ1n) is 7.65. The molecule has 0 aliphatic rings. The fourth-order valence-corrected chi connectivity index (χ4v) is 2.33. The van der Waals surface area contributed by atoms with Crippen LogP contribution >= 0.6 is 12.4 Å². The van der Waals surface area contributed by atoms with Gasteiger partial charge in [-0.25, -0.2) is 0 Å². The first-order chi connectivity index (χ1) is 10.2. The van der Waals surface area contributed by atoms with Crippen LogP contribution in [0.25, 0.3) is 0 Å². The molecular formula is C17H28ClN3O2. The Bertz CT molecular complexity index is 529. The first-order valence-corrected chi connectivity index (χ1v) is 7.65. The van der Waals surface area contributed by atoms with Crippen LogP contribution < -0.4 is 16.8 Å². The lowest BCUT2D eigenvalue weighted by Crippen LogP contribution is -2.41. The van der Waals surface area contributed by atoms with Crippen LogP contribution in [0.4, 0.5) is 5.69 Å². The van der Waals surface area contributed by atoms with E-state index in [0.29, 0.717) is 25.1 Å². The second kappa shape index (κ2) is 8.31. The summed E-state index contributed by atoms with van der Waals surface area (Å²) in [7, 11) is 0. The fourth-order valence-electron chi connectivity index (χ4n) is 2.33. The number of amides is 2. The van der Waals surface area contributed by atoms with Gasteiger partial charge in [-0.2, -0.15) is 0 Å². The maximum absolute atomic E-state index is 12.5. The highest BCUT2D eigenvalue weighted by Gasteiger charge is 2.33. The van der Waals surface area contributed by atoms with Crippen molar-refractivity contribution < 1.29 is 9.59 Å². The lowest BCUT2D eigenvalue weighted by atomic mass is 9.81. The molecular weight excluding hydrogens is 314 g/mol. The molecule has 0 heterocycles. The van der Waals surface area contributed by atoms with Gasteiger partial charge in [-0.3, -0.25) is 9.59 Å². The first kappa shape index (κ1) is 21.4. The third-order valence-electron chi connectivity index (χ3n) is 4.71. The molecule has 0 saturated heterocycles. The molecule has 0 fully saturated rings. The second-order valence-electron chi connectivity index (χ2n) is 6.21. The van der Waals surface area contributed by atoms with Crippen molar-refractivity contribution in [1.29, 1.82) is 0 Å². The zero-order valence-corrected chi connectivity index (χ0v) is 15.1. The third-order valence-corrected chi connectivity index (χ3v) is 4.71. The molecule has 6 heteroatoms. The summed E-state index contributed by atoms with van der Waals surface area (Å²) in [6, 6.07) is 7.18. The van der Waals surface area contributed by atoms with Crippen molar-refractivity contribution in [2.45, 2.75) is 46.0 Å². The zero-order valence-electron chi connectivity index (χ0n) is 14.3. The minimum Gasteiger partial charge on any atom is -0.369 e. The fraction of sp³-hybridized carbons (Fsp3) is 0.529. The van der Waals surface area contributed by atoms with E-state index >= 15 is 0 Å². The molecule has 5 N–H and O–H groups in total. The Balaban J connectivity index is 0.00000484. The summed E-state index contributed by atoms with van der Waals surface area (Å²) in [5.74, 6) is -0.453. The largest absolute Gasteiger partial charge is 0.369 e. The summed E-state index contributed by atoms with van der Waals surface area (Å²) in [5.41, 5.74) is 11.4. The number of primary amides is 1. The molecule has 0 radical (unpaired) electrons. The number of anilines is 1. The zero-order chi connectivity index (χ0) is 17.0. The number of benzene rings is 1. The highest BCUT2D eigenvalue weighted by Crippen LogP contribution is 2.28. The SMILES string of the molecule is CCC(CC)(CN)C(=O)Nc1ccc(C(C)(C)C(N)=O)cc1.Cl. The van der Waals surface area contributed by atoms with Crippen molar-refractivity contribution in [3.05, 3.63) is 29.8 Å². The van der Waals surface area contributed by atoms with Crippen LogP contribution in [0.3, 0.4) is 0 Å². The number of nitrogens with one attached hydrogen (secondary N) is 1. The molecule has 1 aromatic carbocycles. The number of carbonyl (C=O) groups is 2. The highest BCUT2D eigenvalue weighted by atomic mass is 35.5. The van der Waals surface area contributed by atoms with E-state index in [0.717, 1.165) is 5.56 Å². The molecule has 23 heavy (non-hydrogen) atoms. The summed E-state index contributed by atoms with van der Waals surface area (Å²) in [6.45, 7) is 7.80. The van der Waals surface area contributed by atoms with Gasteiger partial charge in [0.2, 0.25) is 11.8 Å². The topological polar surface area (TPSA) is 98.2 Å². The maximum atomic E-state index is 12.5. The van der Waals surface area contributed by atoms with Crippen LogP contribution in [0.1, 0.15) is 46.1 Å². The number of carbonyl (C=O) groups excluding carboxylic acids is 2. The Morgan fingerprint density at radius 1 is 1.09 bits per heavy atom. The van der Waals surface area contributed by atoms with Gasteiger partial charge >= 0.3 is 0 Å². The molecule has 5 nitrogen and oxygen atoms in total. The van der Waals surface area contributed by atoms with Crippen LogP contribution in [-0.4, -0.2) is 18.4 Å². The summed E-state index contributed by atoms with van der Waals surface area (Å²) in [6.07, 6.45) is 1.39. The van der Waals surface area contributed by atoms with Crippen molar-refractivity contribution >= 4 is 29.9 Å². The molecule has 0 aliphatic heterocycles. The van der Waals surface area contributed by atoms with E-state index in [4.69, 9.17) is 11.5 Å². The second-order valence-corrected chi connectivity index (χ2v) is 6.21. The predicted molar refractivity (Wildman–Crippen MR) is 96.6 cm³/mol.